The average molecular weight is 316 g/mol. The Labute approximate surface area is 134 Å². The molecule has 3 rings (SSSR count). The van der Waals surface area contributed by atoms with Crippen molar-refractivity contribution in [3.8, 4) is 0 Å². The number of ether oxygens (including phenoxy) is 1. The molecule has 1 aliphatic heterocycles. The van der Waals surface area contributed by atoms with E-state index in [1.165, 1.54) is 0 Å². The summed E-state index contributed by atoms with van der Waals surface area (Å²) in [5.74, 6) is 0.723. The van der Waals surface area contributed by atoms with Crippen molar-refractivity contribution < 1.29 is 14.1 Å². The Morgan fingerprint density at radius 1 is 1.43 bits per heavy atom. The highest BCUT2D eigenvalue weighted by atomic mass is 16.5. The molecule has 1 aliphatic rings. The van der Waals surface area contributed by atoms with E-state index in [0.717, 1.165) is 12.1 Å². The Balaban J connectivity index is 1.73. The van der Waals surface area contributed by atoms with Gasteiger partial charge in [-0.05, 0) is 26.3 Å². The van der Waals surface area contributed by atoms with E-state index in [9.17, 15) is 4.79 Å². The van der Waals surface area contributed by atoms with Crippen molar-refractivity contribution in [1.29, 1.82) is 0 Å². The predicted octanol–water partition coefficient (Wildman–Crippen LogP) is 1.41. The van der Waals surface area contributed by atoms with Gasteiger partial charge in [0, 0.05) is 30.9 Å². The molecule has 1 amide bonds. The number of carbonyl (C=O) groups is 1. The molecule has 0 spiro atoms. The van der Waals surface area contributed by atoms with Crippen LogP contribution in [0.15, 0.2) is 23.1 Å². The number of rotatable bonds is 3. The minimum Gasteiger partial charge on any atom is -0.379 e. The third kappa shape index (κ3) is 3.56. The second-order valence-electron chi connectivity index (χ2n) is 5.80. The maximum atomic E-state index is 12.8. The van der Waals surface area contributed by atoms with Crippen LogP contribution in [-0.2, 0) is 11.2 Å². The number of hydrogen-bond donors (Lipinski definition) is 0. The molecule has 0 N–H and O–H groups in total. The van der Waals surface area contributed by atoms with Crippen LogP contribution in [0, 0.1) is 19.8 Å². The predicted molar refractivity (Wildman–Crippen MR) is 81.9 cm³/mol. The summed E-state index contributed by atoms with van der Waals surface area (Å²) >= 11 is 0. The van der Waals surface area contributed by atoms with Crippen molar-refractivity contribution in [2.75, 3.05) is 26.3 Å². The summed E-state index contributed by atoms with van der Waals surface area (Å²) in [5.41, 5.74) is 2.15. The van der Waals surface area contributed by atoms with Gasteiger partial charge in [-0.2, -0.15) is 0 Å². The molecule has 1 saturated heterocycles. The number of carbonyl (C=O) groups excluding carboxylic acids is 1. The lowest BCUT2D eigenvalue weighted by atomic mass is 10.0. The van der Waals surface area contributed by atoms with E-state index in [1.807, 2.05) is 11.0 Å². The second-order valence-corrected chi connectivity index (χ2v) is 5.80. The molecular formula is C16H20N4O3. The molecule has 7 heteroatoms. The van der Waals surface area contributed by atoms with Crippen molar-refractivity contribution in [3.05, 3.63) is 41.3 Å². The first-order valence-corrected chi connectivity index (χ1v) is 7.70. The summed E-state index contributed by atoms with van der Waals surface area (Å²) in [5, 5.41) is 3.87. The maximum absolute atomic E-state index is 12.8. The standard InChI is InChI=1S/C16H20N4O3/c1-11-15(12(2)23-19-11)16(21)20-5-6-22-9-13(8-20)7-14-3-4-17-10-18-14/h3-4,10,13H,5-9H2,1-2H3/t13-/m0/s1. The summed E-state index contributed by atoms with van der Waals surface area (Å²) in [6.07, 6.45) is 4.03. The lowest BCUT2D eigenvalue weighted by Gasteiger charge is -2.23. The molecule has 0 aromatic carbocycles. The highest BCUT2D eigenvalue weighted by molar-refractivity contribution is 5.96. The third-order valence-electron chi connectivity index (χ3n) is 4.01. The molecule has 1 fully saturated rings. The molecule has 2 aromatic rings. The summed E-state index contributed by atoms with van der Waals surface area (Å²) in [6, 6.07) is 1.89. The smallest absolute Gasteiger partial charge is 0.259 e. The molecule has 7 nitrogen and oxygen atoms in total. The average Bonchev–Trinajstić information content (AvgIpc) is 2.75. The van der Waals surface area contributed by atoms with E-state index < -0.39 is 0 Å². The van der Waals surface area contributed by atoms with Crippen LogP contribution in [0.4, 0.5) is 0 Å². The van der Waals surface area contributed by atoms with Gasteiger partial charge in [-0.15, -0.1) is 0 Å². The van der Waals surface area contributed by atoms with Crippen LogP contribution in [-0.4, -0.2) is 52.2 Å². The number of aryl methyl sites for hydroxylation is 2. The fourth-order valence-corrected chi connectivity index (χ4v) is 2.87. The molecule has 0 saturated carbocycles. The highest BCUT2D eigenvalue weighted by Gasteiger charge is 2.27. The summed E-state index contributed by atoms with van der Waals surface area (Å²) in [6.45, 7) is 5.91. The van der Waals surface area contributed by atoms with Gasteiger partial charge in [0.05, 0.1) is 18.9 Å². The van der Waals surface area contributed by atoms with E-state index in [2.05, 4.69) is 15.1 Å². The Kier molecular flexibility index (Phi) is 4.66. The van der Waals surface area contributed by atoms with Crippen LogP contribution in [0.2, 0.25) is 0 Å². The van der Waals surface area contributed by atoms with Crippen molar-refractivity contribution in [2.45, 2.75) is 20.3 Å². The Morgan fingerprint density at radius 2 is 2.30 bits per heavy atom. The minimum absolute atomic E-state index is 0.0422. The molecule has 23 heavy (non-hydrogen) atoms. The topological polar surface area (TPSA) is 81.4 Å². The van der Waals surface area contributed by atoms with E-state index >= 15 is 0 Å². The number of nitrogens with zero attached hydrogens (tertiary/aromatic N) is 4. The molecule has 1 atom stereocenters. The van der Waals surface area contributed by atoms with Gasteiger partial charge < -0.3 is 14.2 Å². The third-order valence-corrected chi connectivity index (χ3v) is 4.01. The quantitative estimate of drug-likeness (QED) is 0.851. The fourth-order valence-electron chi connectivity index (χ4n) is 2.87. The van der Waals surface area contributed by atoms with Crippen molar-refractivity contribution in [2.24, 2.45) is 5.92 Å². The molecule has 122 valence electrons. The molecule has 0 bridgehead atoms. The van der Waals surface area contributed by atoms with Crippen LogP contribution in [0.5, 0.6) is 0 Å². The van der Waals surface area contributed by atoms with E-state index in [4.69, 9.17) is 9.26 Å². The van der Waals surface area contributed by atoms with E-state index in [1.54, 1.807) is 26.4 Å². The van der Waals surface area contributed by atoms with Gasteiger partial charge in [0.15, 0.2) is 0 Å². The first-order valence-electron chi connectivity index (χ1n) is 7.70. The Bertz CT molecular complexity index is 652. The fraction of sp³-hybridized carbons (Fsp3) is 0.500. The second kappa shape index (κ2) is 6.87. The van der Waals surface area contributed by atoms with Gasteiger partial charge in [-0.3, -0.25) is 4.79 Å². The van der Waals surface area contributed by atoms with E-state index in [-0.39, 0.29) is 11.8 Å². The van der Waals surface area contributed by atoms with Crippen LogP contribution >= 0.6 is 0 Å². The number of amides is 1. The van der Waals surface area contributed by atoms with Crippen LogP contribution in [0.3, 0.4) is 0 Å². The van der Waals surface area contributed by atoms with Gasteiger partial charge in [0.25, 0.3) is 5.91 Å². The highest BCUT2D eigenvalue weighted by Crippen LogP contribution is 2.19. The molecule has 3 heterocycles. The largest absolute Gasteiger partial charge is 0.379 e. The maximum Gasteiger partial charge on any atom is 0.259 e. The summed E-state index contributed by atoms with van der Waals surface area (Å²) < 4.78 is 10.8. The molecule has 0 unspecified atom stereocenters. The van der Waals surface area contributed by atoms with Crippen molar-refractivity contribution in [3.63, 3.8) is 0 Å². The summed E-state index contributed by atoms with van der Waals surface area (Å²) in [4.78, 5) is 22.8. The van der Waals surface area contributed by atoms with Crippen LogP contribution in [0.1, 0.15) is 27.5 Å². The zero-order valence-electron chi connectivity index (χ0n) is 13.4. The lowest BCUT2D eigenvalue weighted by Crippen LogP contribution is -2.37. The van der Waals surface area contributed by atoms with Gasteiger partial charge in [0.1, 0.15) is 17.7 Å². The van der Waals surface area contributed by atoms with Gasteiger partial charge in [-0.1, -0.05) is 5.16 Å². The Morgan fingerprint density at radius 3 is 3.00 bits per heavy atom. The molecular weight excluding hydrogens is 296 g/mol. The first-order chi connectivity index (χ1) is 11.1. The van der Waals surface area contributed by atoms with Crippen molar-refractivity contribution in [1.82, 2.24) is 20.0 Å². The van der Waals surface area contributed by atoms with Gasteiger partial charge >= 0.3 is 0 Å². The Hall–Kier alpha value is -2.28. The van der Waals surface area contributed by atoms with Crippen LogP contribution in [0.25, 0.3) is 0 Å². The zero-order chi connectivity index (χ0) is 16.2. The normalized spacial score (nSPS) is 18.7. The van der Waals surface area contributed by atoms with Gasteiger partial charge in [0.2, 0.25) is 0 Å². The monoisotopic (exact) mass is 316 g/mol. The minimum atomic E-state index is -0.0422. The molecule has 2 aromatic heterocycles. The van der Waals surface area contributed by atoms with Crippen molar-refractivity contribution >= 4 is 5.91 Å². The number of aromatic nitrogens is 3. The van der Waals surface area contributed by atoms with Crippen LogP contribution < -0.4 is 0 Å². The van der Waals surface area contributed by atoms with Gasteiger partial charge in [-0.25, -0.2) is 9.97 Å². The molecule has 0 aliphatic carbocycles. The number of hydrogen-bond acceptors (Lipinski definition) is 6. The van der Waals surface area contributed by atoms with E-state index in [0.29, 0.717) is 43.3 Å². The molecule has 0 radical (unpaired) electrons. The first kappa shape index (κ1) is 15.6. The SMILES string of the molecule is Cc1noc(C)c1C(=O)N1CCOC[C@@H](Cc2ccncn2)C1. The summed E-state index contributed by atoms with van der Waals surface area (Å²) in [7, 11) is 0. The zero-order valence-corrected chi connectivity index (χ0v) is 13.4. The lowest BCUT2D eigenvalue weighted by molar-refractivity contribution is 0.0735.